The molecule has 1 aromatic heterocycles. The van der Waals surface area contributed by atoms with Gasteiger partial charge in [0.15, 0.2) is 11.5 Å². The molecule has 0 saturated carbocycles. The van der Waals surface area contributed by atoms with E-state index in [-0.39, 0.29) is 6.10 Å². The lowest BCUT2D eigenvalue weighted by Crippen LogP contribution is -2.21. The molecule has 0 amide bonds. The van der Waals surface area contributed by atoms with Crippen LogP contribution in [0, 0.1) is 5.92 Å². The van der Waals surface area contributed by atoms with E-state index in [1.807, 2.05) is 12.1 Å². The van der Waals surface area contributed by atoms with Gasteiger partial charge in [-0.3, -0.25) is 4.98 Å². The van der Waals surface area contributed by atoms with E-state index in [0.717, 1.165) is 25.1 Å². The van der Waals surface area contributed by atoms with E-state index in [1.165, 1.54) is 0 Å². The lowest BCUT2D eigenvalue weighted by Gasteiger charge is -2.25. The summed E-state index contributed by atoms with van der Waals surface area (Å²) in [5.74, 6) is 1.62. The maximum atomic E-state index is 6.29. The predicted octanol–water partition coefficient (Wildman–Crippen LogP) is 4.13. The van der Waals surface area contributed by atoms with Crippen LogP contribution >= 0.6 is 23.2 Å². The summed E-state index contributed by atoms with van der Waals surface area (Å²) in [6.07, 6.45) is 4.31. The zero-order chi connectivity index (χ0) is 16.2. The monoisotopic (exact) mass is 352 g/mol. The van der Waals surface area contributed by atoms with Gasteiger partial charge in [-0.25, -0.2) is 0 Å². The Morgan fingerprint density at radius 3 is 2.74 bits per heavy atom. The highest BCUT2D eigenvalue weighted by atomic mass is 35.5. The molecule has 6 heteroatoms. The highest BCUT2D eigenvalue weighted by Gasteiger charge is 2.29. The first kappa shape index (κ1) is 16.4. The van der Waals surface area contributed by atoms with E-state index in [2.05, 4.69) is 10.3 Å². The van der Waals surface area contributed by atoms with E-state index < -0.39 is 0 Å². The van der Waals surface area contributed by atoms with Crippen molar-refractivity contribution in [3.05, 3.63) is 52.3 Å². The van der Waals surface area contributed by atoms with Crippen molar-refractivity contribution in [2.24, 2.45) is 5.92 Å². The summed E-state index contributed by atoms with van der Waals surface area (Å²) in [6, 6.07) is 7.27. The van der Waals surface area contributed by atoms with Crippen molar-refractivity contribution in [2.45, 2.75) is 12.5 Å². The molecule has 1 saturated heterocycles. The molecular formula is C17H18Cl2N2O2. The summed E-state index contributed by atoms with van der Waals surface area (Å²) in [5.41, 5.74) is 0.961. The van der Waals surface area contributed by atoms with E-state index in [4.69, 9.17) is 32.7 Å². The largest absolute Gasteiger partial charge is 0.493 e. The van der Waals surface area contributed by atoms with Gasteiger partial charge in [-0.1, -0.05) is 23.2 Å². The van der Waals surface area contributed by atoms with Crippen LogP contribution in [0.25, 0.3) is 0 Å². The zero-order valence-electron chi connectivity index (χ0n) is 12.8. The SMILES string of the molecule is COc1cc(Cl)ccc1OC(c1cncc(Cl)c1)[C@H]1CCNC1. The Bertz CT molecular complexity index is 675. The summed E-state index contributed by atoms with van der Waals surface area (Å²) in [7, 11) is 1.60. The van der Waals surface area contributed by atoms with Crippen LogP contribution in [-0.2, 0) is 0 Å². The van der Waals surface area contributed by atoms with Crippen molar-refractivity contribution in [2.75, 3.05) is 20.2 Å². The summed E-state index contributed by atoms with van der Waals surface area (Å²) >= 11 is 12.1. The minimum atomic E-state index is -0.147. The van der Waals surface area contributed by atoms with Gasteiger partial charge in [-0.15, -0.1) is 0 Å². The number of hydrogen-bond acceptors (Lipinski definition) is 4. The Labute approximate surface area is 145 Å². The molecule has 1 unspecified atom stereocenters. The Balaban J connectivity index is 1.93. The first-order valence-corrected chi connectivity index (χ1v) is 8.24. The Kier molecular flexibility index (Phi) is 5.26. The molecule has 2 aromatic rings. The number of aromatic nitrogens is 1. The number of benzene rings is 1. The molecule has 3 rings (SSSR count). The average Bonchev–Trinajstić information content (AvgIpc) is 3.07. The lowest BCUT2D eigenvalue weighted by molar-refractivity contribution is 0.139. The van der Waals surface area contributed by atoms with Gasteiger partial charge in [-0.2, -0.15) is 0 Å². The van der Waals surface area contributed by atoms with E-state index >= 15 is 0 Å². The fraction of sp³-hybridized carbons (Fsp3) is 0.353. The quantitative estimate of drug-likeness (QED) is 0.878. The fourth-order valence-corrected chi connectivity index (χ4v) is 3.18. The fourth-order valence-electron chi connectivity index (χ4n) is 2.83. The normalized spacial score (nSPS) is 18.7. The number of nitrogens with one attached hydrogen (secondary N) is 1. The van der Waals surface area contributed by atoms with Crippen molar-refractivity contribution >= 4 is 23.2 Å². The molecule has 23 heavy (non-hydrogen) atoms. The van der Waals surface area contributed by atoms with E-state index in [9.17, 15) is 0 Å². The first-order chi connectivity index (χ1) is 11.2. The molecule has 1 aliphatic heterocycles. The summed E-state index contributed by atoms with van der Waals surface area (Å²) in [4.78, 5) is 4.19. The summed E-state index contributed by atoms with van der Waals surface area (Å²) in [5, 5.41) is 4.59. The second kappa shape index (κ2) is 7.39. The number of nitrogens with zero attached hydrogens (tertiary/aromatic N) is 1. The van der Waals surface area contributed by atoms with E-state index in [1.54, 1.807) is 31.6 Å². The molecular weight excluding hydrogens is 335 g/mol. The molecule has 1 aliphatic rings. The number of hydrogen-bond donors (Lipinski definition) is 1. The number of ether oxygens (including phenoxy) is 2. The summed E-state index contributed by atoms with van der Waals surface area (Å²) < 4.78 is 11.7. The average molecular weight is 353 g/mol. The van der Waals surface area contributed by atoms with Gasteiger partial charge in [0.05, 0.1) is 12.1 Å². The van der Waals surface area contributed by atoms with Gasteiger partial charge in [0, 0.05) is 41.5 Å². The smallest absolute Gasteiger partial charge is 0.162 e. The van der Waals surface area contributed by atoms with Crippen LogP contribution in [0.4, 0.5) is 0 Å². The molecule has 1 aromatic carbocycles. The minimum absolute atomic E-state index is 0.147. The standard InChI is InChI=1S/C17H18Cl2N2O2/c1-22-16-7-13(18)2-3-15(16)23-17(11-4-5-20-8-11)12-6-14(19)10-21-9-12/h2-3,6-7,9-11,17,20H,4-5,8H2,1H3/t11-,17?/m0/s1. The maximum absolute atomic E-state index is 6.29. The van der Waals surface area contributed by atoms with Crippen LogP contribution in [0.2, 0.25) is 10.0 Å². The molecule has 0 aliphatic carbocycles. The zero-order valence-corrected chi connectivity index (χ0v) is 14.3. The number of halogens is 2. The van der Waals surface area contributed by atoms with Crippen LogP contribution in [0.1, 0.15) is 18.1 Å². The second-order valence-corrected chi connectivity index (χ2v) is 6.40. The number of rotatable bonds is 5. The van der Waals surface area contributed by atoms with Crippen LogP contribution in [0.15, 0.2) is 36.7 Å². The Morgan fingerprint density at radius 2 is 2.04 bits per heavy atom. The predicted molar refractivity (Wildman–Crippen MR) is 91.6 cm³/mol. The van der Waals surface area contributed by atoms with Gasteiger partial charge in [0.2, 0.25) is 0 Å². The van der Waals surface area contributed by atoms with Crippen molar-refractivity contribution in [1.82, 2.24) is 10.3 Å². The van der Waals surface area contributed by atoms with Gasteiger partial charge >= 0.3 is 0 Å². The molecule has 1 fully saturated rings. The van der Waals surface area contributed by atoms with Gasteiger partial charge in [-0.05, 0) is 31.2 Å². The lowest BCUT2D eigenvalue weighted by atomic mass is 9.96. The topological polar surface area (TPSA) is 43.4 Å². The molecule has 0 spiro atoms. The Hall–Kier alpha value is -1.49. The molecule has 0 bridgehead atoms. The van der Waals surface area contributed by atoms with Crippen LogP contribution in [0.5, 0.6) is 11.5 Å². The van der Waals surface area contributed by atoms with Gasteiger partial charge in [0.1, 0.15) is 6.10 Å². The summed E-state index contributed by atoms with van der Waals surface area (Å²) in [6.45, 7) is 1.88. The van der Waals surface area contributed by atoms with Crippen molar-refractivity contribution in [3.8, 4) is 11.5 Å². The van der Waals surface area contributed by atoms with Gasteiger partial charge < -0.3 is 14.8 Å². The number of methoxy groups -OCH3 is 1. The van der Waals surface area contributed by atoms with Crippen molar-refractivity contribution in [1.29, 1.82) is 0 Å². The molecule has 2 heterocycles. The number of pyridine rings is 1. The molecule has 1 N–H and O–H groups in total. The minimum Gasteiger partial charge on any atom is -0.493 e. The Morgan fingerprint density at radius 1 is 1.17 bits per heavy atom. The van der Waals surface area contributed by atoms with E-state index in [0.29, 0.717) is 27.5 Å². The second-order valence-electron chi connectivity index (χ2n) is 5.52. The van der Waals surface area contributed by atoms with Crippen molar-refractivity contribution in [3.63, 3.8) is 0 Å². The van der Waals surface area contributed by atoms with Gasteiger partial charge in [0.25, 0.3) is 0 Å². The van der Waals surface area contributed by atoms with Crippen LogP contribution in [0.3, 0.4) is 0 Å². The van der Waals surface area contributed by atoms with Crippen LogP contribution < -0.4 is 14.8 Å². The highest BCUT2D eigenvalue weighted by molar-refractivity contribution is 6.30. The maximum Gasteiger partial charge on any atom is 0.162 e. The third-order valence-electron chi connectivity index (χ3n) is 3.96. The third-order valence-corrected chi connectivity index (χ3v) is 4.40. The highest BCUT2D eigenvalue weighted by Crippen LogP contribution is 2.37. The first-order valence-electron chi connectivity index (χ1n) is 7.48. The third kappa shape index (κ3) is 3.89. The molecule has 4 nitrogen and oxygen atoms in total. The molecule has 0 radical (unpaired) electrons. The molecule has 122 valence electrons. The van der Waals surface area contributed by atoms with Crippen molar-refractivity contribution < 1.29 is 9.47 Å². The van der Waals surface area contributed by atoms with Crippen LogP contribution in [-0.4, -0.2) is 25.2 Å². The molecule has 2 atom stereocenters.